The molecule has 1 amide bonds. The largest absolute Gasteiger partial charge is 0.507 e. The Balaban J connectivity index is 2.13. The third kappa shape index (κ3) is 5.25. The first-order valence-corrected chi connectivity index (χ1v) is 11.9. The number of carbonyl (C=O) groups excluding carboxylic acids is 2. The lowest BCUT2D eigenvalue weighted by Crippen LogP contribution is -2.38. The van der Waals surface area contributed by atoms with Crippen LogP contribution in [0.3, 0.4) is 0 Å². The first kappa shape index (κ1) is 25.3. The van der Waals surface area contributed by atoms with Crippen LogP contribution >= 0.6 is 0 Å². The van der Waals surface area contributed by atoms with Crippen LogP contribution in [0.4, 0.5) is 0 Å². The number of aliphatic hydroxyl groups is 1. The Hall–Kier alpha value is -3.32. The lowest BCUT2D eigenvalue weighted by molar-refractivity contribution is -0.140. The highest BCUT2D eigenvalue weighted by atomic mass is 16.5. The summed E-state index contributed by atoms with van der Waals surface area (Å²) in [6.07, 6.45) is 0. The monoisotopic (exact) mass is 466 g/mol. The maximum atomic E-state index is 13.2. The normalized spacial score (nSPS) is 17.4. The van der Waals surface area contributed by atoms with Gasteiger partial charge >= 0.3 is 0 Å². The van der Waals surface area contributed by atoms with Gasteiger partial charge in [0, 0.05) is 18.7 Å². The molecule has 2 aromatic carbocycles. The van der Waals surface area contributed by atoms with Crippen molar-refractivity contribution in [2.45, 2.75) is 33.7 Å². The highest BCUT2D eigenvalue weighted by Crippen LogP contribution is 2.42. The topological polar surface area (TPSA) is 79.3 Å². The van der Waals surface area contributed by atoms with Gasteiger partial charge in [0.1, 0.15) is 5.76 Å². The lowest BCUT2D eigenvalue weighted by atomic mass is 9.95. The second kappa shape index (κ2) is 11.7. The van der Waals surface area contributed by atoms with E-state index >= 15 is 0 Å². The number of aliphatic hydroxyl groups excluding tert-OH is 1. The van der Waals surface area contributed by atoms with Crippen molar-refractivity contribution in [2.24, 2.45) is 0 Å². The second-order valence-corrected chi connectivity index (χ2v) is 7.96. The van der Waals surface area contributed by atoms with Crippen LogP contribution in [0, 0.1) is 0 Å². The number of hydrogen-bond acceptors (Lipinski definition) is 6. The van der Waals surface area contributed by atoms with Gasteiger partial charge < -0.3 is 24.4 Å². The smallest absolute Gasteiger partial charge is 0.295 e. The van der Waals surface area contributed by atoms with Gasteiger partial charge in [0.25, 0.3) is 11.7 Å². The number of rotatable bonds is 11. The summed E-state index contributed by atoms with van der Waals surface area (Å²) in [6, 6.07) is 13.5. The number of hydrogen-bond donors (Lipinski definition) is 1. The lowest BCUT2D eigenvalue weighted by Gasteiger charge is -2.28. The molecular weight excluding hydrogens is 432 g/mol. The summed E-state index contributed by atoms with van der Waals surface area (Å²) in [4.78, 5) is 30.1. The molecule has 2 aromatic rings. The third-order valence-electron chi connectivity index (χ3n) is 6.02. The maximum absolute atomic E-state index is 13.2. The van der Waals surface area contributed by atoms with Crippen LogP contribution in [0.5, 0.6) is 11.5 Å². The molecule has 3 rings (SSSR count). The van der Waals surface area contributed by atoms with Gasteiger partial charge in [-0.25, -0.2) is 0 Å². The molecule has 1 heterocycles. The van der Waals surface area contributed by atoms with Crippen molar-refractivity contribution in [3.05, 3.63) is 65.2 Å². The molecule has 0 aromatic heterocycles. The fourth-order valence-corrected chi connectivity index (χ4v) is 4.24. The van der Waals surface area contributed by atoms with Gasteiger partial charge in [-0.1, -0.05) is 50.2 Å². The molecule has 1 N–H and O–H groups in total. The van der Waals surface area contributed by atoms with E-state index in [1.165, 1.54) is 0 Å². The van der Waals surface area contributed by atoms with Crippen LogP contribution in [0.1, 0.15) is 44.9 Å². The van der Waals surface area contributed by atoms with Crippen LogP contribution in [-0.2, 0) is 9.59 Å². The van der Waals surface area contributed by atoms with E-state index in [4.69, 9.17) is 9.47 Å². The Morgan fingerprint density at radius 2 is 1.59 bits per heavy atom. The minimum absolute atomic E-state index is 0.0855. The quantitative estimate of drug-likeness (QED) is 0.303. The summed E-state index contributed by atoms with van der Waals surface area (Å²) >= 11 is 0. The van der Waals surface area contributed by atoms with E-state index in [0.717, 1.165) is 13.1 Å². The number of Topliss-reactive ketones (excluding diaryl/α,β-unsaturated/α-hetero) is 1. The Morgan fingerprint density at radius 3 is 2.21 bits per heavy atom. The van der Waals surface area contributed by atoms with Crippen LogP contribution < -0.4 is 9.47 Å². The van der Waals surface area contributed by atoms with E-state index in [1.54, 1.807) is 41.3 Å². The summed E-state index contributed by atoms with van der Waals surface area (Å²) in [7, 11) is 0. The molecule has 1 aliphatic rings. The fraction of sp³-hybridized carbons (Fsp3) is 0.407. The molecule has 0 unspecified atom stereocenters. The number of nitrogens with zero attached hydrogens (tertiary/aromatic N) is 2. The molecule has 7 heteroatoms. The Labute approximate surface area is 201 Å². The molecule has 0 spiro atoms. The molecule has 0 bridgehead atoms. The average Bonchev–Trinajstić information content (AvgIpc) is 3.11. The summed E-state index contributed by atoms with van der Waals surface area (Å²) in [5, 5.41) is 11.2. The van der Waals surface area contributed by atoms with Crippen molar-refractivity contribution in [2.75, 3.05) is 39.4 Å². The van der Waals surface area contributed by atoms with Gasteiger partial charge in [0.15, 0.2) is 11.5 Å². The van der Waals surface area contributed by atoms with Crippen molar-refractivity contribution in [1.29, 1.82) is 0 Å². The first-order valence-electron chi connectivity index (χ1n) is 11.9. The zero-order valence-corrected chi connectivity index (χ0v) is 20.4. The SMILES string of the molecule is CCOc1ccc([C@H]2C(=C(O)c3ccccc3)C(=O)C(=O)N2CCN(CC)CC)cc1OCC. The van der Waals surface area contributed by atoms with E-state index in [-0.39, 0.29) is 11.3 Å². The summed E-state index contributed by atoms with van der Waals surface area (Å²) in [5.41, 5.74) is 1.26. The van der Waals surface area contributed by atoms with Crippen LogP contribution in [0.25, 0.3) is 5.76 Å². The number of amides is 1. The number of benzene rings is 2. The molecule has 1 fully saturated rings. The van der Waals surface area contributed by atoms with Gasteiger partial charge in [0.2, 0.25) is 0 Å². The highest BCUT2D eigenvalue weighted by molar-refractivity contribution is 6.46. The average molecular weight is 467 g/mol. The van der Waals surface area contributed by atoms with Crippen molar-refractivity contribution in [1.82, 2.24) is 9.80 Å². The van der Waals surface area contributed by atoms with Crippen LogP contribution in [0.15, 0.2) is 54.1 Å². The maximum Gasteiger partial charge on any atom is 0.295 e. The fourth-order valence-electron chi connectivity index (χ4n) is 4.24. The summed E-state index contributed by atoms with van der Waals surface area (Å²) < 4.78 is 11.5. The Kier molecular flexibility index (Phi) is 8.71. The number of likely N-dealkylation sites (tertiary alicyclic amines) is 1. The van der Waals surface area contributed by atoms with E-state index < -0.39 is 17.7 Å². The first-order chi connectivity index (χ1) is 16.5. The second-order valence-electron chi connectivity index (χ2n) is 7.96. The van der Waals surface area contributed by atoms with Gasteiger partial charge in [-0.3, -0.25) is 9.59 Å². The number of likely N-dealkylation sites (N-methyl/N-ethyl adjacent to an activating group) is 1. The number of ketones is 1. The van der Waals surface area contributed by atoms with Crippen LogP contribution in [-0.4, -0.2) is 66.0 Å². The zero-order chi connectivity index (χ0) is 24.7. The van der Waals surface area contributed by atoms with Crippen molar-refractivity contribution >= 4 is 17.4 Å². The molecule has 1 saturated heterocycles. The minimum Gasteiger partial charge on any atom is -0.507 e. The Bertz CT molecular complexity index is 1030. The van der Waals surface area contributed by atoms with E-state index in [9.17, 15) is 14.7 Å². The van der Waals surface area contributed by atoms with Gasteiger partial charge in [-0.05, 0) is 44.6 Å². The van der Waals surface area contributed by atoms with Gasteiger partial charge in [0.05, 0.1) is 24.8 Å². The van der Waals surface area contributed by atoms with E-state index in [1.807, 2.05) is 26.0 Å². The van der Waals surface area contributed by atoms with Crippen molar-refractivity contribution in [3.63, 3.8) is 0 Å². The minimum atomic E-state index is -0.731. The van der Waals surface area contributed by atoms with Crippen molar-refractivity contribution in [3.8, 4) is 11.5 Å². The molecule has 0 aliphatic carbocycles. The molecule has 0 radical (unpaired) electrons. The molecule has 1 aliphatic heterocycles. The van der Waals surface area contributed by atoms with E-state index in [0.29, 0.717) is 48.9 Å². The number of carbonyl (C=O) groups is 2. The molecular formula is C27H34N2O5. The predicted octanol–water partition coefficient (Wildman–Crippen LogP) is 4.25. The number of ether oxygens (including phenoxy) is 2. The molecule has 34 heavy (non-hydrogen) atoms. The molecule has 7 nitrogen and oxygen atoms in total. The third-order valence-corrected chi connectivity index (χ3v) is 6.02. The van der Waals surface area contributed by atoms with Crippen molar-refractivity contribution < 1.29 is 24.2 Å². The summed E-state index contributed by atoms with van der Waals surface area (Å²) in [6.45, 7) is 11.5. The zero-order valence-electron chi connectivity index (χ0n) is 20.4. The summed E-state index contributed by atoms with van der Waals surface area (Å²) in [5.74, 6) is -0.340. The van der Waals surface area contributed by atoms with Gasteiger partial charge in [-0.2, -0.15) is 0 Å². The Morgan fingerprint density at radius 1 is 0.941 bits per heavy atom. The molecule has 0 saturated carbocycles. The standard InChI is InChI=1S/C27H34N2O5/c1-5-28(6-2)16-17-29-24(20-14-15-21(33-7-3)22(18-20)34-8-4)23(26(31)27(29)32)25(30)19-12-10-9-11-13-19/h9-15,18,24,30H,5-8,16-17H2,1-4H3/t24-/m0/s1. The van der Waals surface area contributed by atoms with Crippen LogP contribution in [0.2, 0.25) is 0 Å². The highest BCUT2D eigenvalue weighted by Gasteiger charge is 2.46. The van der Waals surface area contributed by atoms with Gasteiger partial charge in [-0.15, -0.1) is 0 Å². The molecule has 1 atom stereocenters. The van der Waals surface area contributed by atoms with E-state index in [2.05, 4.69) is 18.7 Å². The molecule has 182 valence electrons. The predicted molar refractivity (Wildman–Crippen MR) is 132 cm³/mol.